The van der Waals surface area contributed by atoms with Gasteiger partial charge in [-0.15, -0.1) is 0 Å². The molecule has 0 aromatic carbocycles. The van der Waals surface area contributed by atoms with E-state index in [1.165, 1.54) is 6.42 Å². The number of likely N-dealkylation sites (tertiary alicyclic amines) is 2. The number of hydrogen-bond acceptors (Lipinski definition) is 4. The molecular formula is C24H32N4O3. The van der Waals surface area contributed by atoms with Crippen molar-refractivity contribution >= 4 is 11.8 Å². The van der Waals surface area contributed by atoms with Gasteiger partial charge in [-0.2, -0.15) is 5.10 Å². The Morgan fingerprint density at radius 3 is 2.52 bits per heavy atom. The van der Waals surface area contributed by atoms with E-state index in [-0.39, 0.29) is 18.4 Å². The number of carbonyl (C=O) groups excluding carboxylic acids is 2. The van der Waals surface area contributed by atoms with E-state index in [0.717, 1.165) is 80.0 Å². The highest BCUT2D eigenvalue weighted by atomic mass is 16.4. The summed E-state index contributed by atoms with van der Waals surface area (Å²) in [6, 6.07) is 0. The third-order valence-electron chi connectivity index (χ3n) is 7.02. The van der Waals surface area contributed by atoms with Crippen molar-refractivity contribution in [3.05, 3.63) is 28.8 Å². The van der Waals surface area contributed by atoms with Crippen LogP contribution in [0.5, 0.6) is 0 Å². The van der Waals surface area contributed by atoms with Gasteiger partial charge in [-0.25, -0.2) is 0 Å². The first kappa shape index (κ1) is 20.3. The Labute approximate surface area is 183 Å². The van der Waals surface area contributed by atoms with Gasteiger partial charge in [0.15, 0.2) is 5.76 Å². The molecule has 31 heavy (non-hydrogen) atoms. The molecule has 7 heteroatoms. The topological polar surface area (TPSA) is 71.6 Å². The molecule has 2 saturated heterocycles. The maximum Gasteiger partial charge on any atom is 0.289 e. The molecular weight excluding hydrogens is 392 g/mol. The predicted molar refractivity (Wildman–Crippen MR) is 117 cm³/mol. The summed E-state index contributed by atoms with van der Waals surface area (Å²) in [5.41, 5.74) is 3.83. The molecule has 4 heterocycles. The van der Waals surface area contributed by atoms with Gasteiger partial charge < -0.3 is 14.2 Å². The maximum absolute atomic E-state index is 12.9. The van der Waals surface area contributed by atoms with E-state index in [1.54, 1.807) is 4.68 Å². The molecule has 2 unspecified atom stereocenters. The molecule has 2 aromatic rings. The molecule has 166 valence electrons. The molecule has 2 aromatic heterocycles. The van der Waals surface area contributed by atoms with Crippen LogP contribution in [-0.2, 0) is 24.2 Å². The highest BCUT2D eigenvalue weighted by Crippen LogP contribution is 2.39. The van der Waals surface area contributed by atoms with Crippen LogP contribution in [0.1, 0.15) is 60.6 Å². The Kier molecular flexibility index (Phi) is 5.15. The molecule has 0 saturated carbocycles. The van der Waals surface area contributed by atoms with E-state index in [2.05, 4.69) is 13.8 Å². The van der Waals surface area contributed by atoms with Gasteiger partial charge in [0.25, 0.3) is 5.91 Å². The van der Waals surface area contributed by atoms with Crippen LogP contribution < -0.4 is 0 Å². The average molecular weight is 425 g/mol. The lowest BCUT2D eigenvalue weighted by atomic mass is 9.92. The van der Waals surface area contributed by atoms with E-state index in [4.69, 9.17) is 9.52 Å². The van der Waals surface area contributed by atoms with Crippen molar-refractivity contribution in [3.8, 4) is 11.3 Å². The minimum Gasteiger partial charge on any atom is -0.455 e. The molecule has 7 nitrogen and oxygen atoms in total. The second-order valence-electron chi connectivity index (χ2n) is 9.80. The Bertz CT molecular complexity index is 1000. The lowest BCUT2D eigenvalue weighted by Crippen LogP contribution is -2.44. The summed E-state index contributed by atoms with van der Waals surface area (Å²) in [5.74, 6) is 2.52. The quantitative estimate of drug-likeness (QED) is 0.758. The predicted octanol–water partition coefficient (Wildman–Crippen LogP) is 3.29. The molecule has 0 radical (unpaired) electrons. The molecule has 0 N–H and O–H groups in total. The fraction of sp³-hybridized carbons (Fsp3) is 0.625. The van der Waals surface area contributed by atoms with Gasteiger partial charge in [-0.1, -0.05) is 13.8 Å². The molecule has 0 bridgehead atoms. The fourth-order valence-electron chi connectivity index (χ4n) is 5.62. The van der Waals surface area contributed by atoms with Gasteiger partial charge in [-0.3, -0.25) is 14.3 Å². The van der Waals surface area contributed by atoms with Gasteiger partial charge in [0.05, 0.1) is 5.69 Å². The summed E-state index contributed by atoms with van der Waals surface area (Å²) in [4.78, 5) is 29.7. The molecule has 3 aliphatic rings. The Hall–Kier alpha value is -2.57. The standard InChI is InChI=1S/C24H32N4O3/c1-15-10-16(2)12-27(11-15)20(29)14-28-13-18-6-7-19-21(22(18)25-28)17(3)23(31-19)24(30)26-8-4-5-9-26/h13,15-16H,4-12,14H2,1-3H3. The molecule has 2 amide bonds. The first-order valence-corrected chi connectivity index (χ1v) is 11.7. The third-order valence-corrected chi connectivity index (χ3v) is 7.02. The minimum absolute atomic E-state index is 0.00565. The van der Waals surface area contributed by atoms with Crippen LogP contribution in [0, 0.1) is 18.8 Å². The number of rotatable bonds is 3. The van der Waals surface area contributed by atoms with E-state index in [1.807, 2.05) is 22.9 Å². The number of carbonyl (C=O) groups is 2. The van der Waals surface area contributed by atoms with Crippen LogP contribution in [0.25, 0.3) is 11.3 Å². The van der Waals surface area contributed by atoms with Gasteiger partial charge in [0.1, 0.15) is 12.3 Å². The molecule has 2 aliphatic heterocycles. The number of hydrogen-bond donors (Lipinski definition) is 0. The van der Waals surface area contributed by atoms with Gasteiger partial charge in [0.2, 0.25) is 5.91 Å². The molecule has 2 atom stereocenters. The van der Waals surface area contributed by atoms with Crippen LogP contribution >= 0.6 is 0 Å². The second kappa shape index (κ2) is 7.84. The lowest BCUT2D eigenvalue weighted by Gasteiger charge is -2.35. The first-order valence-electron chi connectivity index (χ1n) is 11.7. The summed E-state index contributed by atoms with van der Waals surface area (Å²) in [6.45, 7) is 9.92. The first-order chi connectivity index (χ1) is 14.9. The van der Waals surface area contributed by atoms with Crippen LogP contribution in [-0.4, -0.2) is 57.6 Å². The largest absolute Gasteiger partial charge is 0.455 e. The van der Waals surface area contributed by atoms with Crippen molar-refractivity contribution < 1.29 is 14.0 Å². The smallest absolute Gasteiger partial charge is 0.289 e. The normalized spacial score (nSPS) is 23.1. The van der Waals surface area contributed by atoms with E-state index in [0.29, 0.717) is 17.6 Å². The SMILES string of the molecule is Cc1c(C(=O)N2CCCC2)oc2c1-c1nn(CC(=O)N3CC(C)CC(C)C3)cc1CC2. The zero-order chi connectivity index (χ0) is 21.7. The second-order valence-corrected chi connectivity index (χ2v) is 9.80. The van der Waals surface area contributed by atoms with Crippen molar-refractivity contribution in [2.24, 2.45) is 11.8 Å². The number of piperidine rings is 1. The van der Waals surface area contributed by atoms with Gasteiger partial charge >= 0.3 is 0 Å². The minimum atomic E-state index is -0.00565. The van der Waals surface area contributed by atoms with Crippen LogP contribution in [0.3, 0.4) is 0 Å². The summed E-state index contributed by atoms with van der Waals surface area (Å²) < 4.78 is 7.84. The average Bonchev–Trinajstić information content (AvgIpc) is 3.45. The summed E-state index contributed by atoms with van der Waals surface area (Å²) in [6.07, 6.45) is 6.88. The van der Waals surface area contributed by atoms with Crippen molar-refractivity contribution in [2.75, 3.05) is 26.2 Å². The van der Waals surface area contributed by atoms with Crippen molar-refractivity contribution in [1.29, 1.82) is 0 Å². The van der Waals surface area contributed by atoms with E-state index in [9.17, 15) is 9.59 Å². The highest BCUT2D eigenvalue weighted by Gasteiger charge is 2.32. The monoisotopic (exact) mass is 424 g/mol. The van der Waals surface area contributed by atoms with Crippen LogP contribution in [0.4, 0.5) is 0 Å². The molecule has 1 aliphatic carbocycles. The molecule has 5 rings (SSSR count). The van der Waals surface area contributed by atoms with Crippen molar-refractivity contribution in [1.82, 2.24) is 19.6 Å². The highest BCUT2D eigenvalue weighted by molar-refractivity contribution is 5.95. The van der Waals surface area contributed by atoms with E-state index < -0.39 is 0 Å². The number of furan rings is 1. The van der Waals surface area contributed by atoms with E-state index >= 15 is 0 Å². The van der Waals surface area contributed by atoms with Crippen LogP contribution in [0.2, 0.25) is 0 Å². The Morgan fingerprint density at radius 2 is 1.81 bits per heavy atom. The number of aromatic nitrogens is 2. The number of nitrogens with zero attached hydrogens (tertiary/aromatic N) is 4. The maximum atomic E-state index is 12.9. The summed E-state index contributed by atoms with van der Waals surface area (Å²) in [5, 5.41) is 4.78. The zero-order valence-electron chi connectivity index (χ0n) is 18.8. The lowest BCUT2D eigenvalue weighted by molar-refractivity contribution is -0.134. The van der Waals surface area contributed by atoms with Crippen molar-refractivity contribution in [2.45, 2.75) is 59.4 Å². The number of fused-ring (bicyclic) bond motifs is 3. The fourth-order valence-corrected chi connectivity index (χ4v) is 5.62. The third kappa shape index (κ3) is 3.68. The van der Waals surface area contributed by atoms with Crippen molar-refractivity contribution in [3.63, 3.8) is 0 Å². The zero-order valence-corrected chi connectivity index (χ0v) is 18.8. The summed E-state index contributed by atoms with van der Waals surface area (Å²) >= 11 is 0. The van der Waals surface area contributed by atoms with Crippen LogP contribution in [0.15, 0.2) is 10.6 Å². The summed E-state index contributed by atoms with van der Waals surface area (Å²) in [7, 11) is 0. The number of amides is 2. The van der Waals surface area contributed by atoms with Gasteiger partial charge in [0, 0.05) is 49.9 Å². The molecule has 0 spiro atoms. The van der Waals surface area contributed by atoms with Gasteiger partial charge in [-0.05, 0) is 50.0 Å². The Morgan fingerprint density at radius 1 is 1.10 bits per heavy atom. The number of aryl methyl sites for hydroxylation is 2. The molecule has 2 fully saturated rings. The Balaban J connectivity index is 1.38.